The minimum atomic E-state index is -0.363. The van der Waals surface area contributed by atoms with Gasteiger partial charge in [0.2, 0.25) is 0 Å². The summed E-state index contributed by atoms with van der Waals surface area (Å²) in [5, 5.41) is 2.82. The summed E-state index contributed by atoms with van der Waals surface area (Å²) in [4.78, 5) is 14.4. The van der Waals surface area contributed by atoms with Crippen molar-refractivity contribution in [1.82, 2.24) is 4.90 Å². The SMILES string of the molecule is CCCCCc1ccc(NC(=O)O[C@@H](C)CN2CCCCC2)cc1. The van der Waals surface area contributed by atoms with E-state index in [4.69, 9.17) is 4.74 Å². The van der Waals surface area contributed by atoms with E-state index < -0.39 is 0 Å². The van der Waals surface area contributed by atoms with Crippen LogP contribution >= 0.6 is 0 Å². The molecular weight excluding hydrogens is 300 g/mol. The number of nitrogens with zero attached hydrogens (tertiary/aromatic N) is 1. The van der Waals surface area contributed by atoms with Gasteiger partial charge in [0.15, 0.2) is 0 Å². The van der Waals surface area contributed by atoms with Crippen molar-refractivity contribution in [2.24, 2.45) is 0 Å². The summed E-state index contributed by atoms with van der Waals surface area (Å²) < 4.78 is 5.48. The van der Waals surface area contributed by atoms with Crippen molar-refractivity contribution in [3.05, 3.63) is 29.8 Å². The summed E-state index contributed by atoms with van der Waals surface area (Å²) in [7, 11) is 0. The monoisotopic (exact) mass is 332 g/mol. The summed E-state index contributed by atoms with van der Waals surface area (Å²) in [6, 6.07) is 8.08. The number of carbonyl (C=O) groups is 1. The summed E-state index contributed by atoms with van der Waals surface area (Å²) in [5.74, 6) is 0. The number of unbranched alkanes of at least 4 members (excludes halogenated alkanes) is 2. The van der Waals surface area contributed by atoms with Crippen LogP contribution in [0.15, 0.2) is 24.3 Å². The number of piperidine rings is 1. The second-order valence-electron chi connectivity index (χ2n) is 6.86. The molecule has 4 heteroatoms. The first kappa shape index (κ1) is 18.8. The van der Waals surface area contributed by atoms with E-state index in [1.165, 1.54) is 44.1 Å². The molecule has 0 spiro atoms. The highest BCUT2D eigenvalue weighted by Gasteiger charge is 2.16. The number of aryl methyl sites for hydroxylation is 1. The molecule has 1 aromatic rings. The molecule has 0 bridgehead atoms. The zero-order valence-electron chi connectivity index (χ0n) is 15.2. The summed E-state index contributed by atoms with van der Waals surface area (Å²) in [6.45, 7) is 7.24. The maximum atomic E-state index is 12.0. The highest BCUT2D eigenvalue weighted by molar-refractivity contribution is 5.84. The number of benzene rings is 1. The Bertz CT molecular complexity index is 481. The molecule has 1 N–H and O–H groups in total. The number of carbonyl (C=O) groups excluding carboxylic acids is 1. The van der Waals surface area contributed by atoms with Crippen LogP contribution in [-0.2, 0) is 11.2 Å². The number of anilines is 1. The van der Waals surface area contributed by atoms with E-state index in [0.717, 1.165) is 31.7 Å². The molecule has 1 aliphatic heterocycles. The maximum Gasteiger partial charge on any atom is 0.411 e. The third-order valence-corrected chi connectivity index (χ3v) is 4.54. The third-order valence-electron chi connectivity index (χ3n) is 4.54. The number of rotatable bonds is 8. The van der Waals surface area contributed by atoms with Gasteiger partial charge in [0, 0.05) is 12.2 Å². The molecule has 0 saturated carbocycles. The largest absolute Gasteiger partial charge is 0.445 e. The molecular formula is C20H32N2O2. The fourth-order valence-corrected chi connectivity index (χ4v) is 3.21. The molecule has 0 aromatic heterocycles. The van der Waals surface area contributed by atoms with Gasteiger partial charge in [-0.05, 0) is 63.4 Å². The van der Waals surface area contributed by atoms with Crippen LogP contribution in [0.1, 0.15) is 57.9 Å². The van der Waals surface area contributed by atoms with Gasteiger partial charge in [-0.25, -0.2) is 4.79 Å². The Labute approximate surface area is 146 Å². The highest BCUT2D eigenvalue weighted by Crippen LogP contribution is 2.14. The molecule has 24 heavy (non-hydrogen) atoms. The lowest BCUT2D eigenvalue weighted by atomic mass is 10.1. The van der Waals surface area contributed by atoms with E-state index in [-0.39, 0.29) is 12.2 Å². The quantitative estimate of drug-likeness (QED) is 0.692. The predicted octanol–water partition coefficient (Wildman–Crippen LogP) is 4.84. The number of hydrogen-bond acceptors (Lipinski definition) is 3. The van der Waals surface area contributed by atoms with Crippen molar-refractivity contribution in [2.75, 3.05) is 25.0 Å². The van der Waals surface area contributed by atoms with Gasteiger partial charge in [0.25, 0.3) is 0 Å². The van der Waals surface area contributed by atoms with Crippen LogP contribution in [0.2, 0.25) is 0 Å². The van der Waals surface area contributed by atoms with Crippen LogP contribution in [0.4, 0.5) is 10.5 Å². The molecule has 1 aliphatic rings. The molecule has 1 atom stereocenters. The van der Waals surface area contributed by atoms with Crippen molar-refractivity contribution in [1.29, 1.82) is 0 Å². The lowest BCUT2D eigenvalue weighted by Gasteiger charge is -2.28. The van der Waals surface area contributed by atoms with Crippen LogP contribution < -0.4 is 5.32 Å². The van der Waals surface area contributed by atoms with E-state index in [0.29, 0.717) is 0 Å². The second-order valence-corrected chi connectivity index (χ2v) is 6.86. The molecule has 0 unspecified atom stereocenters. The van der Waals surface area contributed by atoms with E-state index in [1.54, 1.807) is 0 Å². The average Bonchev–Trinajstić information content (AvgIpc) is 2.57. The van der Waals surface area contributed by atoms with E-state index in [1.807, 2.05) is 19.1 Å². The molecule has 1 heterocycles. The van der Waals surface area contributed by atoms with Gasteiger partial charge in [-0.1, -0.05) is 38.3 Å². The second kappa shape index (κ2) is 10.3. The molecule has 1 amide bonds. The predicted molar refractivity (Wildman–Crippen MR) is 99.5 cm³/mol. The lowest BCUT2D eigenvalue weighted by Crippen LogP contribution is -2.37. The van der Waals surface area contributed by atoms with E-state index >= 15 is 0 Å². The topological polar surface area (TPSA) is 41.6 Å². The smallest absolute Gasteiger partial charge is 0.411 e. The van der Waals surface area contributed by atoms with Crippen molar-refractivity contribution in [3.8, 4) is 0 Å². The van der Waals surface area contributed by atoms with Crippen molar-refractivity contribution < 1.29 is 9.53 Å². The lowest BCUT2D eigenvalue weighted by molar-refractivity contribution is 0.0833. The van der Waals surface area contributed by atoms with Gasteiger partial charge in [-0.15, -0.1) is 0 Å². The van der Waals surface area contributed by atoms with Gasteiger partial charge in [0.1, 0.15) is 6.10 Å². The average molecular weight is 332 g/mol. The van der Waals surface area contributed by atoms with E-state index in [2.05, 4.69) is 29.3 Å². The van der Waals surface area contributed by atoms with Crippen LogP contribution in [0.3, 0.4) is 0 Å². The number of hydrogen-bond donors (Lipinski definition) is 1. The molecule has 134 valence electrons. The number of likely N-dealkylation sites (tertiary alicyclic amines) is 1. The fourth-order valence-electron chi connectivity index (χ4n) is 3.21. The Balaban J connectivity index is 1.70. The highest BCUT2D eigenvalue weighted by atomic mass is 16.6. The van der Waals surface area contributed by atoms with Gasteiger partial charge < -0.3 is 4.74 Å². The first-order chi connectivity index (χ1) is 11.7. The molecule has 1 saturated heterocycles. The molecule has 2 rings (SSSR count). The fraction of sp³-hybridized carbons (Fsp3) is 0.650. The summed E-state index contributed by atoms with van der Waals surface area (Å²) >= 11 is 0. The first-order valence-electron chi connectivity index (χ1n) is 9.46. The van der Waals surface area contributed by atoms with E-state index in [9.17, 15) is 4.79 Å². The number of nitrogens with one attached hydrogen (secondary N) is 1. The van der Waals surface area contributed by atoms with Crippen LogP contribution in [-0.4, -0.2) is 36.7 Å². The summed E-state index contributed by atoms with van der Waals surface area (Å²) in [5.41, 5.74) is 2.12. The van der Waals surface area contributed by atoms with Gasteiger partial charge >= 0.3 is 6.09 Å². The van der Waals surface area contributed by atoms with Gasteiger partial charge in [-0.3, -0.25) is 10.2 Å². The van der Waals surface area contributed by atoms with Crippen molar-refractivity contribution in [3.63, 3.8) is 0 Å². The minimum absolute atomic E-state index is 0.0867. The maximum absolute atomic E-state index is 12.0. The zero-order valence-corrected chi connectivity index (χ0v) is 15.2. The normalized spacial score (nSPS) is 16.6. The Morgan fingerprint density at radius 2 is 1.88 bits per heavy atom. The zero-order chi connectivity index (χ0) is 17.2. The number of ether oxygens (including phenoxy) is 1. The van der Waals surface area contributed by atoms with Crippen LogP contribution in [0, 0.1) is 0 Å². The Hall–Kier alpha value is -1.55. The van der Waals surface area contributed by atoms with Crippen LogP contribution in [0.5, 0.6) is 0 Å². The van der Waals surface area contributed by atoms with Crippen molar-refractivity contribution >= 4 is 11.8 Å². The van der Waals surface area contributed by atoms with Crippen LogP contribution in [0.25, 0.3) is 0 Å². The number of amides is 1. The molecule has 1 fully saturated rings. The molecule has 0 radical (unpaired) electrons. The first-order valence-corrected chi connectivity index (χ1v) is 9.46. The van der Waals surface area contributed by atoms with Crippen molar-refractivity contribution in [2.45, 2.75) is 64.9 Å². The Kier molecular flexibility index (Phi) is 8.10. The third kappa shape index (κ3) is 6.91. The molecule has 4 nitrogen and oxygen atoms in total. The Morgan fingerprint density at radius 3 is 2.54 bits per heavy atom. The minimum Gasteiger partial charge on any atom is -0.445 e. The molecule has 0 aliphatic carbocycles. The Morgan fingerprint density at radius 1 is 1.17 bits per heavy atom. The standard InChI is InChI=1S/C20H32N2O2/c1-3-4-6-9-18-10-12-19(13-11-18)21-20(23)24-17(2)16-22-14-7-5-8-15-22/h10-13,17H,3-9,14-16H2,1-2H3,(H,21,23)/t17-/m0/s1. The van der Waals surface area contributed by atoms with Gasteiger partial charge in [0.05, 0.1) is 0 Å². The summed E-state index contributed by atoms with van der Waals surface area (Å²) in [6.07, 6.45) is 8.20. The van der Waals surface area contributed by atoms with Gasteiger partial charge in [-0.2, -0.15) is 0 Å². The molecule has 1 aromatic carbocycles.